The van der Waals surface area contributed by atoms with Crippen LogP contribution in [0.25, 0.3) is 60.5 Å². The van der Waals surface area contributed by atoms with E-state index in [9.17, 15) is 0 Å². The van der Waals surface area contributed by atoms with Crippen molar-refractivity contribution in [3.05, 3.63) is 194 Å². The molecule has 1 aromatic heterocycles. The second kappa shape index (κ2) is 11.8. The van der Waals surface area contributed by atoms with Crippen molar-refractivity contribution < 1.29 is 0 Å². The first-order valence-corrected chi connectivity index (χ1v) is 16.4. The molecule has 0 amide bonds. The van der Waals surface area contributed by atoms with Crippen molar-refractivity contribution in [2.45, 2.75) is 0 Å². The zero-order valence-electron chi connectivity index (χ0n) is 26.4. The van der Waals surface area contributed by atoms with Crippen molar-refractivity contribution in [2.75, 3.05) is 4.90 Å². The van der Waals surface area contributed by atoms with Crippen LogP contribution in [0.15, 0.2) is 194 Å². The largest absolute Gasteiger partial charge is 0.310 e. The zero-order chi connectivity index (χ0) is 31.9. The third-order valence-electron chi connectivity index (χ3n) is 9.33. The Bertz CT molecular complexity index is 2550. The maximum Gasteiger partial charge on any atom is 0.0540 e. The van der Waals surface area contributed by atoms with Gasteiger partial charge < -0.3 is 9.47 Å². The van der Waals surface area contributed by atoms with E-state index in [0.29, 0.717) is 0 Å². The Morgan fingerprint density at radius 3 is 1.60 bits per heavy atom. The molecule has 0 saturated carbocycles. The summed E-state index contributed by atoms with van der Waals surface area (Å²) in [5, 5.41) is 6.17. The number of hydrogen-bond acceptors (Lipinski definition) is 1. The van der Waals surface area contributed by atoms with E-state index in [1.54, 1.807) is 0 Å². The van der Waals surface area contributed by atoms with Crippen LogP contribution in [0, 0.1) is 0 Å². The average molecular weight is 613 g/mol. The lowest BCUT2D eigenvalue weighted by atomic mass is 10.0. The lowest BCUT2D eigenvalue weighted by Gasteiger charge is -2.26. The van der Waals surface area contributed by atoms with Gasteiger partial charge in [-0.3, -0.25) is 0 Å². The van der Waals surface area contributed by atoms with Gasteiger partial charge in [-0.2, -0.15) is 0 Å². The zero-order valence-corrected chi connectivity index (χ0v) is 26.4. The molecule has 8 aromatic carbocycles. The molecule has 0 radical (unpaired) electrons. The van der Waals surface area contributed by atoms with Crippen molar-refractivity contribution in [3.8, 4) is 28.1 Å². The van der Waals surface area contributed by atoms with Gasteiger partial charge in [-0.25, -0.2) is 0 Å². The Morgan fingerprint density at radius 1 is 0.312 bits per heavy atom. The molecule has 0 N–H and O–H groups in total. The molecule has 2 nitrogen and oxygen atoms in total. The highest BCUT2D eigenvalue weighted by Crippen LogP contribution is 2.38. The highest BCUT2D eigenvalue weighted by molar-refractivity contribution is 5.94. The maximum atomic E-state index is 2.39. The van der Waals surface area contributed by atoms with Crippen molar-refractivity contribution in [3.63, 3.8) is 0 Å². The number of para-hydroxylation sites is 1. The van der Waals surface area contributed by atoms with Gasteiger partial charge in [0.15, 0.2) is 0 Å². The van der Waals surface area contributed by atoms with E-state index < -0.39 is 0 Å². The molecule has 0 fully saturated rings. The molecule has 2 heteroatoms. The van der Waals surface area contributed by atoms with E-state index in [2.05, 4.69) is 204 Å². The van der Waals surface area contributed by atoms with Crippen LogP contribution in [-0.4, -0.2) is 4.57 Å². The molecule has 0 bridgehead atoms. The highest BCUT2D eigenvalue weighted by atomic mass is 15.1. The first-order valence-electron chi connectivity index (χ1n) is 16.4. The minimum Gasteiger partial charge on any atom is -0.310 e. The Hall–Kier alpha value is -6.38. The number of nitrogens with zero attached hydrogens (tertiary/aromatic N) is 2. The fourth-order valence-electron chi connectivity index (χ4n) is 6.95. The number of fused-ring (bicyclic) bond motifs is 3. The third kappa shape index (κ3) is 5.01. The SMILES string of the molecule is c1ccc(-c2cc3cc(-c4ccc(N(c5ccccc5)c5ccc6ccccc6c5)cc4)ccc3n2-c2ccc3ccccc3c2)cc1. The summed E-state index contributed by atoms with van der Waals surface area (Å²) in [7, 11) is 0. The lowest BCUT2D eigenvalue weighted by Crippen LogP contribution is -2.09. The molecule has 0 spiro atoms. The van der Waals surface area contributed by atoms with Crippen molar-refractivity contribution in [2.24, 2.45) is 0 Å². The third-order valence-corrected chi connectivity index (χ3v) is 9.33. The molecule has 0 aliphatic rings. The number of benzene rings is 8. The maximum absolute atomic E-state index is 2.39. The molecule has 0 aliphatic carbocycles. The molecule has 1 heterocycles. The molecule has 9 rings (SSSR count). The van der Waals surface area contributed by atoms with Gasteiger partial charge in [0.2, 0.25) is 0 Å². The van der Waals surface area contributed by atoms with E-state index in [1.165, 1.54) is 54.8 Å². The van der Waals surface area contributed by atoms with E-state index >= 15 is 0 Å². The van der Waals surface area contributed by atoms with Gasteiger partial charge in [0.05, 0.1) is 11.2 Å². The van der Waals surface area contributed by atoms with E-state index in [1.807, 2.05) is 0 Å². The highest BCUT2D eigenvalue weighted by Gasteiger charge is 2.16. The summed E-state index contributed by atoms with van der Waals surface area (Å²) in [6.45, 7) is 0. The minimum atomic E-state index is 1.12. The fourth-order valence-corrected chi connectivity index (χ4v) is 6.95. The molecule has 0 unspecified atom stereocenters. The van der Waals surface area contributed by atoms with Crippen LogP contribution in [0.1, 0.15) is 0 Å². The normalized spacial score (nSPS) is 11.3. The topological polar surface area (TPSA) is 8.17 Å². The van der Waals surface area contributed by atoms with Crippen LogP contribution in [0.4, 0.5) is 17.1 Å². The summed E-state index contributed by atoms with van der Waals surface area (Å²) in [5.41, 5.74) is 10.5. The van der Waals surface area contributed by atoms with Gasteiger partial charge in [0.25, 0.3) is 0 Å². The Balaban J connectivity index is 1.13. The molecule has 0 saturated heterocycles. The predicted octanol–water partition coefficient (Wildman–Crippen LogP) is 12.7. The van der Waals surface area contributed by atoms with E-state index in [0.717, 1.165) is 22.7 Å². The summed E-state index contributed by atoms with van der Waals surface area (Å²) in [4.78, 5) is 2.33. The van der Waals surface area contributed by atoms with E-state index in [-0.39, 0.29) is 0 Å². The Kier molecular flexibility index (Phi) is 6.84. The van der Waals surface area contributed by atoms with Crippen molar-refractivity contribution in [1.29, 1.82) is 0 Å². The first kappa shape index (κ1) is 27.9. The quantitative estimate of drug-likeness (QED) is 0.181. The number of hydrogen-bond donors (Lipinski definition) is 0. The van der Waals surface area contributed by atoms with Crippen molar-refractivity contribution in [1.82, 2.24) is 4.57 Å². The Labute approximate surface area is 280 Å². The molecular weight excluding hydrogens is 581 g/mol. The van der Waals surface area contributed by atoms with Crippen LogP contribution >= 0.6 is 0 Å². The lowest BCUT2D eigenvalue weighted by molar-refractivity contribution is 1.14. The molecule has 9 aromatic rings. The monoisotopic (exact) mass is 612 g/mol. The Morgan fingerprint density at radius 2 is 0.875 bits per heavy atom. The van der Waals surface area contributed by atoms with Crippen molar-refractivity contribution >= 4 is 49.5 Å². The summed E-state index contributed by atoms with van der Waals surface area (Å²) < 4.78 is 2.39. The van der Waals surface area contributed by atoms with Crippen LogP contribution < -0.4 is 4.90 Å². The molecular formula is C46H32N2. The molecule has 226 valence electrons. The summed E-state index contributed by atoms with van der Waals surface area (Å²) in [5.74, 6) is 0. The number of rotatable bonds is 6. The van der Waals surface area contributed by atoms with Crippen LogP contribution in [0.3, 0.4) is 0 Å². The molecule has 0 aliphatic heterocycles. The smallest absolute Gasteiger partial charge is 0.0540 e. The summed E-state index contributed by atoms with van der Waals surface area (Å²) in [6.07, 6.45) is 0. The van der Waals surface area contributed by atoms with Gasteiger partial charge in [-0.15, -0.1) is 0 Å². The van der Waals surface area contributed by atoms with Crippen LogP contribution in [0.5, 0.6) is 0 Å². The average Bonchev–Trinajstić information content (AvgIpc) is 3.55. The first-order chi connectivity index (χ1) is 23.8. The molecule has 48 heavy (non-hydrogen) atoms. The van der Waals surface area contributed by atoms with Crippen LogP contribution in [0.2, 0.25) is 0 Å². The second-order valence-corrected chi connectivity index (χ2v) is 12.3. The van der Waals surface area contributed by atoms with Gasteiger partial charge in [-0.1, -0.05) is 127 Å². The van der Waals surface area contributed by atoms with Gasteiger partial charge in [-0.05, 0) is 105 Å². The van der Waals surface area contributed by atoms with Crippen LogP contribution in [-0.2, 0) is 0 Å². The van der Waals surface area contributed by atoms with Gasteiger partial charge in [0, 0.05) is 28.1 Å². The predicted molar refractivity (Wildman–Crippen MR) is 204 cm³/mol. The number of anilines is 3. The number of aromatic nitrogens is 1. The summed E-state index contributed by atoms with van der Waals surface area (Å²) >= 11 is 0. The summed E-state index contributed by atoms with van der Waals surface area (Å²) in [6, 6.07) is 69.9. The minimum absolute atomic E-state index is 1.12. The van der Waals surface area contributed by atoms with Gasteiger partial charge in [0.1, 0.15) is 0 Å². The molecule has 0 atom stereocenters. The standard InChI is InChI=1S/C46H32N2/c1-3-13-36(14-4-1)46-32-40-29-39(23-28-45(40)48(46)44-27-22-34-12-8-10-16-38(34)31-44)35-19-24-42(25-20-35)47(41-17-5-2-6-18-41)43-26-21-33-11-7-9-15-37(33)30-43/h1-32H. The second-order valence-electron chi connectivity index (χ2n) is 12.3. The fraction of sp³-hybridized carbons (Fsp3) is 0. The van der Waals surface area contributed by atoms with Gasteiger partial charge >= 0.3 is 0 Å². The van der Waals surface area contributed by atoms with E-state index in [4.69, 9.17) is 0 Å².